The van der Waals surface area contributed by atoms with E-state index in [4.69, 9.17) is 0 Å². The lowest BCUT2D eigenvalue weighted by Gasteiger charge is -2.28. The molecule has 2 unspecified atom stereocenters. The van der Waals surface area contributed by atoms with Crippen LogP contribution in [0.15, 0.2) is 12.7 Å². The van der Waals surface area contributed by atoms with E-state index < -0.39 is 0 Å². The third kappa shape index (κ3) is 2.98. The first-order valence-electron chi connectivity index (χ1n) is 5.21. The average Bonchev–Trinajstić information content (AvgIpc) is 2.15. The Bertz CT molecular complexity index is 131. The highest BCUT2D eigenvalue weighted by molar-refractivity contribution is 4.80. The molecule has 1 nitrogen and oxygen atoms in total. The van der Waals surface area contributed by atoms with Crippen LogP contribution in [0.5, 0.6) is 0 Å². The lowest BCUT2D eigenvalue weighted by atomic mass is 9.84. The Kier molecular flexibility index (Phi) is 4.37. The molecule has 0 aromatic rings. The minimum absolute atomic E-state index is 0.765. The molecule has 1 rings (SSSR count). The molecule has 0 radical (unpaired) electrons. The van der Waals surface area contributed by atoms with E-state index in [0.29, 0.717) is 0 Å². The van der Waals surface area contributed by atoms with Crippen LogP contribution in [-0.2, 0) is 0 Å². The molecule has 1 heteroatoms. The maximum absolute atomic E-state index is 3.72. The zero-order chi connectivity index (χ0) is 8.81. The minimum Gasteiger partial charge on any atom is -0.311 e. The van der Waals surface area contributed by atoms with Crippen LogP contribution < -0.4 is 5.32 Å². The lowest BCUT2D eigenvalue weighted by Crippen LogP contribution is -2.33. The van der Waals surface area contributed by atoms with Crippen molar-refractivity contribution in [2.45, 2.75) is 45.1 Å². The van der Waals surface area contributed by atoms with Gasteiger partial charge in [0.1, 0.15) is 0 Å². The van der Waals surface area contributed by atoms with E-state index in [-0.39, 0.29) is 0 Å². The van der Waals surface area contributed by atoms with Crippen molar-refractivity contribution in [3.05, 3.63) is 12.7 Å². The predicted octanol–water partition coefficient (Wildman–Crippen LogP) is 2.73. The van der Waals surface area contributed by atoms with E-state index in [1.54, 1.807) is 0 Å². The van der Waals surface area contributed by atoms with Crippen LogP contribution >= 0.6 is 0 Å². The van der Waals surface area contributed by atoms with Gasteiger partial charge in [-0.2, -0.15) is 0 Å². The van der Waals surface area contributed by atoms with Crippen molar-refractivity contribution < 1.29 is 0 Å². The van der Waals surface area contributed by atoms with Crippen LogP contribution in [-0.4, -0.2) is 12.6 Å². The monoisotopic (exact) mass is 167 g/mol. The Morgan fingerprint density at radius 3 is 3.00 bits per heavy atom. The summed E-state index contributed by atoms with van der Waals surface area (Å²) in [5.74, 6) is 0.973. The maximum Gasteiger partial charge on any atom is 0.0134 e. The zero-order valence-electron chi connectivity index (χ0n) is 8.18. The molecule has 0 saturated heterocycles. The summed E-state index contributed by atoms with van der Waals surface area (Å²) in [7, 11) is 0. The van der Waals surface area contributed by atoms with Crippen molar-refractivity contribution >= 4 is 0 Å². The Balaban J connectivity index is 2.20. The highest BCUT2D eigenvalue weighted by Gasteiger charge is 2.19. The van der Waals surface area contributed by atoms with Gasteiger partial charge >= 0.3 is 0 Å². The molecule has 12 heavy (non-hydrogen) atoms. The molecule has 0 aromatic carbocycles. The molecule has 0 aliphatic heterocycles. The van der Waals surface area contributed by atoms with E-state index in [2.05, 4.69) is 18.8 Å². The van der Waals surface area contributed by atoms with Crippen molar-refractivity contribution in [1.82, 2.24) is 5.32 Å². The molecule has 0 aromatic heterocycles. The summed E-state index contributed by atoms with van der Waals surface area (Å²) in [6.07, 6.45) is 8.91. The van der Waals surface area contributed by atoms with Crippen LogP contribution in [0.4, 0.5) is 0 Å². The minimum atomic E-state index is 0.765. The van der Waals surface area contributed by atoms with Crippen LogP contribution in [0.2, 0.25) is 0 Å². The van der Waals surface area contributed by atoms with Crippen molar-refractivity contribution in [1.29, 1.82) is 0 Å². The second-order valence-corrected chi connectivity index (χ2v) is 3.83. The fourth-order valence-corrected chi connectivity index (χ4v) is 2.10. The molecular formula is C11H21N. The van der Waals surface area contributed by atoms with Gasteiger partial charge in [0.25, 0.3) is 0 Å². The predicted molar refractivity (Wildman–Crippen MR) is 54.2 cm³/mol. The smallest absolute Gasteiger partial charge is 0.0134 e. The maximum atomic E-state index is 3.72. The van der Waals surface area contributed by atoms with Gasteiger partial charge in [0.2, 0.25) is 0 Å². The second-order valence-electron chi connectivity index (χ2n) is 3.83. The Morgan fingerprint density at radius 1 is 1.50 bits per heavy atom. The fraction of sp³-hybridized carbons (Fsp3) is 0.818. The molecule has 0 spiro atoms. The standard InChI is InChI=1S/C11H21N/c1-3-8-12-11-7-5-6-10(4-2)9-11/h3,10-12H,1,4-9H2,2H3. The Morgan fingerprint density at radius 2 is 2.33 bits per heavy atom. The highest BCUT2D eigenvalue weighted by atomic mass is 14.9. The number of rotatable bonds is 4. The van der Waals surface area contributed by atoms with Gasteiger partial charge in [-0.15, -0.1) is 6.58 Å². The largest absolute Gasteiger partial charge is 0.311 e. The van der Waals surface area contributed by atoms with Gasteiger partial charge < -0.3 is 5.32 Å². The summed E-state index contributed by atoms with van der Waals surface area (Å²) in [5.41, 5.74) is 0. The first kappa shape index (κ1) is 9.79. The average molecular weight is 167 g/mol. The van der Waals surface area contributed by atoms with Crippen molar-refractivity contribution in [2.24, 2.45) is 5.92 Å². The van der Waals surface area contributed by atoms with E-state index in [1.165, 1.54) is 32.1 Å². The third-order valence-electron chi connectivity index (χ3n) is 2.91. The van der Waals surface area contributed by atoms with Gasteiger partial charge in [0.05, 0.1) is 0 Å². The van der Waals surface area contributed by atoms with Crippen molar-refractivity contribution in [3.8, 4) is 0 Å². The second kappa shape index (κ2) is 5.36. The molecule has 70 valence electrons. The Hall–Kier alpha value is -0.300. The van der Waals surface area contributed by atoms with E-state index >= 15 is 0 Å². The first-order chi connectivity index (χ1) is 5.86. The van der Waals surface area contributed by atoms with E-state index in [9.17, 15) is 0 Å². The fourth-order valence-electron chi connectivity index (χ4n) is 2.10. The number of hydrogen-bond acceptors (Lipinski definition) is 1. The quantitative estimate of drug-likeness (QED) is 0.635. The normalized spacial score (nSPS) is 30.1. The van der Waals surface area contributed by atoms with Crippen LogP contribution in [0.3, 0.4) is 0 Å². The van der Waals surface area contributed by atoms with Crippen LogP contribution in [0.1, 0.15) is 39.0 Å². The van der Waals surface area contributed by atoms with Gasteiger partial charge in [-0.05, 0) is 18.8 Å². The molecule has 1 saturated carbocycles. The summed E-state index contributed by atoms with van der Waals surface area (Å²) in [6, 6.07) is 0.765. The summed E-state index contributed by atoms with van der Waals surface area (Å²) in [6.45, 7) is 7.00. The summed E-state index contributed by atoms with van der Waals surface area (Å²) < 4.78 is 0. The third-order valence-corrected chi connectivity index (χ3v) is 2.91. The van der Waals surface area contributed by atoms with E-state index in [0.717, 1.165) is 18.5 Å². The molecule has 1 aliphatic rings. The van der Waals surface area contributed by atoms with Gasteiger partial charge in [0, 0.05) is 12.6 Å². The Labute approximate surface area is 76.2 Å². The molecule has 2 atom stereocenters. The molecular weight excluding hydrogens is 146 g/mol. The first-order valence-corrected chi connectivity index (χ1v) is 5.21. The van der Waals surface area contributed by atoms with Crippen LogP contribution in [0.25, 0.3) is 0 Å². The number of nitrogens with one attached hydrogen (secondary N) is 1. The summed E-state index contributed by atoms with van der Waals surface area (Å²) in [5, 5.41) is 3.52. The molecule has 0 bridgehead atoms. The molecule has 1 N–H and O–H groups in total. The van der Waals surface area contributed by atoms with Crippen LogP contribution in [0, 0.1) is 5.92 Å². The topological polar surface area (TPSA) is 12.0 Å². The molecule has 0 amide bonds. The lowest BCUT2D eigenvalue weighted by molar-refractivity contribution is 0.285. The van der Waals surface area contributed by atoms with Crippen molar-refractivity contribution in [3.63, 3.8) is 0 Å². The van der Waals surface area contributed by atoms with Crippen molar-refractivity contribution in [2.75, 3.05) is 6.54 Å². The molecule has 1 aliphatic carbocycles. The SMILES string of the molecule is C=CCNC1CCCC(CC)C1. The molecule has 1 fully saturated rings. The highest BCUT2D eigenvalue weighted by Crippen LogP contribution is 2.26. The van der Waals surface area contributed by atoms with Gasteiger partial charge in [0.15, 0.2) is 0 Å². The van der Waals surface area contributed by atoms with Gasteiger partial charge in [-0.3, -0.25) is 0 Å². The summed E-state index contributed by atoms with van der Waals surface area (Å²) >= 11 is 0. The molecule has 0 heterocycles. The van der Waals surface area contributed by atoms with Gasteiger partial charge in [-0.25, -0.2) is 0 Å². The summed E-state index contributed by atoms with van der Waals surface area (Å²) in [4.78, 5) is 0. The van der Waals surface area contributed by atoms with E-state index in [1.807, 2.05) is 6.08 Å². The zero-order valence-corrected chi connectivity index (χ0v) is 8.18. The number of hydrogen-bond donors (Lipinski definition) is 1. The van der Waals surface area contributed by atoms with Gasteiger partial charge in [-0.1, -0.05) is 32.3 Å².